The Morgan fingerprint density at radius 2 is 1.61 bits per heavy atom. The van der Waals surface area contributed by atoms with Crippen molar-refractivity contribution in [1.82, 2.24) is 8.87 Å². The number of amides is 1. The van der Waals surface area contributed by atoms with Crippen LogP contribution in [-0.2, 0) is 16.6 Å². The van der Waals surface area contributed by atoms with E-state index in [-0.39, 0.29) is 27.9 Å². The molecule has 0 aliphatic carbocycles. The Labute approximate surface area is 220 Å². The van der Waals surface area contributed by atoms with Crippen molar-refractivity contribution in [1.29, 1.82) is 0 Å². The van der Waals surface area contributed by atoms with Crippen LogP contribution in [0.3, 0.4) is 0 Å². The van der Waals surface area contributed by atoms with Gasteiger partial charge in [-0.15, -0.1) is 0 Å². The molecule has 2 aromatic carbocycles. The fourth-order valence-corrected chi connectivity index (χ4v) is 6.89. The van der Waals surface area contributed by atoms with E-state index in [0.717, 1.165) is 12.1 Å². The first-order valence-corrected chi connectivity index (χ1v) is 13.6. The van der Waals surface area contributed by atoms with Gasteiger partial charge in [-0.05, 0) is 54.8 Å². The Kier molecular flexibility index (Phi) is 6.89. The van der Waals surface area contributed by atoms with Gasteiger partial charge in [0.05, 0.1) is 26.2 Å². The zero-order valence-electron chi connectivity index (χ0n) is 21.3. The fraction of sp³-hybridized carbons (Fsp3) is 0.333. The van der Waals surface area contributed by atoms with Crippen LogP contribution in [0.4, 0.5) is 5.69 Å². The number of anilines is 1. The van der Waals surface area contributed by atoms with Crippen LogP contribution in [0.2, 0.25) is 0 Å². The van der Waals surface area contributed by atoms with Gasteiger partial charge in [0, 0.05) is 48.6 Å². The van der Waals surface area contributed by atoms with Gasteiger partial charge in [0.15, 0.2) is 11.5 Å². The third kappa shape index (κ3) is 4.63. The molecule has 1 amide bonds. The number of rotatable bonds is 7. The van der Waals surface area contributed by atoms with E-state index in [2.05, 4.69) is 5.32 Å². The maximum Gasteiger partial charge on any atom is 0.255 e. The molecule has 2 atom stereocenters. The number of carbonyl (C=O) groups excluding carboxylic acids is 1. The molecule has 1 N–H and O–H groups in total. The summed E-state index contributed by atoms with van der Waals surface area (Å²) in [5.41, 5.74) is 1.57. The lowest BCUT2D eigenvalue weighted by Gasteiger charge is -2.42. The number of methoxy groups -OCH3 is 3. The Hall–Kier alpha value is -3.83. The van der Waals surface area contributed by atoms with Crippen LogP contribution in [0.25, 0.3) is 0 Å². The van der Waals surface area contributed by atoms with Crippen LogP contribution in [0, 0.1) is 5.92 Å². The lowest BCUT2D eigenvalue weighted by atomic mass is 9.84. The normalized spacial score (nSPS) is 18.8. The van der Waals surface area contributed by atoms with Gasteiger partial charge >= 0.3 is 0 Å². The van der Waals surface area contributed by atoms with Gasteiger partial charge < -0.3 is 24.1 Å². The van der Waals surface area contributed by atoms with E-state index in [1.165, 1.54) is 49.9 Å². The maximum atomic E-state index is 13.5. The molecular formula is C27H29N3O7S. The largest absolute Gasteiger partial charge is 0.493 e. The zero-order chi connectivity index (χ0) is 27.0. The second-order valence-corrected chi connectivity index (χ2v) is 11.4. The summed E-state index contributed by atoms with van der Waals surface area (Å²) < 4.78 is 46.2. The average molecular weight is 540 g/mol. The highest BCUT2D eigenvalue weighted by atomic mass is 32.2. The predicted molar refractivity (Wildman–Crippen MR) is 141 cm³/mol. The molecule has 1 fully saturated rings. The third-order valence-corrected chi connectivity index (χ3v) is 8.97. The average Bonchev–Trinajstić information content (AvgIpc) is 2.93. The van der Waals surface area contributed by atoms with E-state index >= 15 is 0 Å². The Bertz CT molecular complexity index is 1510. The molecule has 0 radical (unpaired) electrons. The summed E-state index contributed by atoms with van der Waals surface area (Å²) in [4.78, 5) is 25.3. The molecule has 1 aromatic heterocycles. The van der Waals surface area contributed by atoms with E-state index in [1.54, 1.807) is 28.8 Å². The third-order valence-electron chi connectivity index (χ3n) is 7.12. The van der Waals surface area contributed by atoms with Crippen LogP contribution in [-0.4, -0.2) is 57.6 Å². The summed E-state index contributed by atoms with van der Waals surface area (Å²) in [7, 11) is 0.654. The van der Waals surface area contributed by atoms with Crippen molar-refractivity contribution in [3.8, 4) is 17.2 Å². The number of hydrogen-bond donors (Lipinski definition) is 1. The number of aromatic nitrogens is 1. The fourth-order valence-electron chi connectivity index (χ4n) is 5.32. The van der Waals surface area contributed by atoms with E-state index in [4.69, 9.17) is 14.2 Å². The molecule has 5 rings (SSSR count). The SMILES string of the molecule is COc1cc(C(=O)Nc2ccc(S(=O)(=O)N3C[C@@H]4C[C@@H](C3)c3cccc(=O)n3C4)cc2)cc(OC)c1OC. The quantitative estimate of drug-likeness (QED) is 0.491. The highest BCUT2D eigenvalue weighted by molar-refractivity contribution is 7.89. The number of nitrogens with one attached hydrogen (secondary N) is 1. The van der Waals surface area contributed by atoms with Crippen LogP contribution in [0.1, 0.15) is 28.4 Å². The summed E-state index contributed by atoms with van der Waals surface area (Å²) in [5, 5.41) is 2.77. The minimum absolute atomic E-state index is 0.0248. The summed E-state index contributed by atoms with van der Waals surface area (Å²) in [5.74, 6) is 0.696. The first-order valence-electron chi connectivity index (χ1n) is 12.2. The lowest BCUT2D eigenvalue weighted by Crippen LogP contribution is -2.48. The van der Waals surface area contributed by atoms with Gasteiger partial charge in [0.2, 0.25) is 15.8 Å². The summed E-state index contributed by atoms with van der Waals surface area (Å²) in [6.45, 7) is 1.20. The van der Waals surface area contributed by atoms with Crippen molar-refractivity contribution >= 4 is 21.6 Å². The summed E-state index contributed by atoms with van der Waals surface area (Å²) in [6, 6.07) is 14.3. The molecule has 2 aliphatic heterocycles. The molecule has 3 aromatic rings. The molecule has 38 heavy (non-hydrogen) atoms. The molecule has 3 heterocycles. The maximum absolute atomic E-state index is 13.5. The van der Waals surface area contributed by atoms with Crippen molar-refractivity contribution in [2.45, 2.75) is 23.8 Å². The Balaban J connectivity index is 1.33. The summed E-state index contributed by atoms with van der Waals surface area (Å²) in [6.07, 6.45) is 0.862. The van der Waals surface area contributed by atoms with E-state index in [0.29, 0.717) is 42.6 Å². The molecule has 200 valence electrons. The molecule has 2 bridgehead atoms. The van der Waals surface area contributed by atoms with Gasteiger partial charge in [-0.25, -0.2) is 8.42 Å². The number of hydrogen-bond acceptors (Lipinski definition) is 7. The van der Waals surface area contributed by atoms with Gasteiger partial charge in [-0.2, -0.15) is 4.31 Å². The van der Waals surface area contributed by atoms with Crippen molar-refractivity contribution in [3.05, 3.63) is 76.2 Å². The van der Waals surface area contributed by atoms with Crippen molar-refractivity contribution in [2.75, 3.05) is 39.7 Å². The first kappa shape index (κ1) is 25.8. The monoisotopic (exact) mass is 539 g/mol. The van der Waals surface area contributed by atoms with Crippen LogP contribution >= 0.6 is 0 Å². The van der Waals surface area contributed by atoms with E-state index < -0.39 is 15.9 Å². The van der Waals surface area contributed by atoms with Crippen molar-refractivity contribution < 1.29 is 27.4 Å². The molecule has 0 unspecified atom stereocenters. The number of nitrogens with zero attached hydrogens (tertiary/aromatic N) is 2. The van der Waals surface area contributed by atoms with Crippen LogP contribution < -0.4 is 25.1 Å². The molecule has 2 aliphatic rings. The highest BCUT2D eigenvalue weighted by Crippen LogP contribution is 2.39. The number of carbonyl (C=O) groups is 1. The van der Waals surface area contributed by atoms with Crippen LogP contribution in [0.15, 0.2) is 64.3 Å². The van der Waals surface area contributed by atoms with Gasteiger partial charge in [-0.1, -0.05) is 6.07 Å². The topological polar surface area (TPSA) is 116 Å². The molecule has 11 heteroatoms. The Morgan fingerprint density at radius 3 is 2.24 bits per heavy atom. The Morgan fingerprint density at radius 1 is 0.921 bits per heavy atom. The number of ether oxygens (including phenoxy) is 3. The molecule has 10 nitrogen and oxygen atoms in total. The minimum Gasteiger partial charge on any atom is -0.493 e. The molecule has 0 saturated carbocycles. The van der Waals surface area contributed by atoms with Crippen molar-refractivity contribution in [3.63, 3.8) is 0 Å². The minimum atomic E-state index is -3.75. The number of fused-ring (bicyclic) bond motifs is 4. The van der Waals surface area contributed by atoms with Crippen LogP contribution in [0.5, 0.6) is 17.2 Å². The number of sulfonamides is 1. The van der Waals surface area contributed by atoms with Gasteiger partial charge in [0.1, 0.15) is 0 Å². The molecule has 1 saturated heterocycles. The molecule has 0 spiro atoms. The molecular weight excluding hydrogens is 510 g/mol. The predicted octanol–water partition coefficient (Wildman–Crippen LogP) is 2.93. The second kappa shape index (κ2) is 10.1. The second-order valence-electron chi connectivity index (χ2n) is 9.41. The summed E-state index contributed by atoms with van der Waals surface area (Å²) >= 11 is 0. The number of piperidine rings is 1. The van der Waals surface area contributed by atoms with E-state index in [1.807, 2.05) is 6.07 Å². The first-order chi connectivity index (χ1) is 18.2. The highest BCUT2D eigenvalue weighted by Gasteiger charge is 2.39. The smallest absolute Gasteiger partial charge is 0.255 e. The number of pyridine rings is 1. The van der Waals surface area contributed by atoms with Crippen molar-refractivity contribution in [2.24, 2.45) is 5.92 Å². The number of benzene rings is 2. The zero-order valence-corrected chi connectivity index (χ0v) is 22.2. The standard InChI is InChI=1S/C27H29N3O7S/c1-35-23-12-18(13-24(36-2)26(23)37-3)27(32)28-20-7-9-21(10-8-20)38(33,34)29-14-17-11-19(16-29)22-5-4-6-25(31)30(22)15-17/h4-10,12-13,17,19H,11,14-16H2,1-3H3,(H,28,32)/t17-,19-/m0/s1. The van der Waals surface area contributed by atoms with E-state index in [9.17, 15) is 18.0 Å². The van der Waals surface area contributed by atoms with Gasteiger partial charge in [0.25, 0.3) is 11.5 Å². The lowest BCUT2D eigenvalue weighted by molar-refractivity contribution is 0.102. The van der Waals surface area contributed by atoms with Gasteiger partial charge in [-0.3, -0.25) is 9.59 Å².